The summed E-state index contributed by atoms with van der Waals surface area (Å²) < 4.78 is 10.6. The molecule has 0 aliphatic carbocycles. The molecule has 1 unspecified atom stereocenters. The van der Waals surface area contributed by atoms with Gasteiger partial charge in [-0.05, 0) is 44.5 Å². The quantitative estimate of drug-likeness (QED) is 0.827. The Labute approximate surface area is 151 Å². The molecule has 1 atom stereocenters. The fraction of sp³-hybridized carbons (Fsp3) is 0.444. The maximum Gasteiger partial charge on any atom is 0.263 e. The molecule has 6 nitrogen and oxygen atoms in total. The summed E-state index contributed by atoms with van der Waals surface area (Å²) in [4.78, 5) is 17.7. The summed E-state index contributed by atoms with van der Waals surface area (Å²) in [6, 6.07) is 6.02. The minimum absolute atomic E-state index is 0.0598. The minimum atomic E-state index is -0.0598. The van der Waals surface area contributed by atoms with Gasteiger partial charge in [-0.15, -0.1) is 11.3 Å². The smallest absolute Gasteiger partial charge is 0.263 e. The molecule has 2 aromatic rings. The number of carbonyl (C=O) groups is 1. The summed E-state index contributed by atoms with van der Waals surface area (Å²) in [6.45, 7) is 3.55. The lowest BCUT2D eigenvalue weighted by atomic mass is 10.2. The van der Waals surface area contributed by atoms with Crippen molar-refractivity contribution >= 4 is 17.2 Å². The van der Waals surface area contributed by atoms with Crippen LogP contribution in [0.1, 0.15) is 28.2 Å². The maximum atomic E-state index is 12.5. The van der Waals surface area contributed by atoms with E-state index in [1.165, 1.54) is 17.8 Å². The normalized spacial score (nSPS) is 16.7. The first-order valence-corrected chi connectivity index (χ1v) is 9.15. The molecule has 1 amide bonds. The highest BCUT2D eigenvalue weighted by Crippen LogP contribution is 2.34. The molecular formula is C18H23N3O3S. The second-order valence-corrected chi connectivity index (χ2v) is 7.01. The molecule has 1 aromatic carbocycles. The second kappa shape index (κ2) is 7.84. The molecule has 0 saturated carbocycles. The van der Waals surface area contributed by atoms with E-state index in [1.807, 2.05) is 25.1 Å². The molecule has 0 radical (unpaired) electrons. The number of methoxy groups -OCH3 is 2. The van der Waals surface area contributed by atoms with Crippen molar-refractivity contribution in [2.24, 2.45) is 0 Å². The number of hydrogen-bond donors (Lipinski definition) is 2. The van der Waals surface area contributed by atoms with Crippen molar-refractivity contribution in [3.63, 3.8) is 0 Å². The van der Waals surface area contributed by atoms with Crippen LogP contribution in [0.4, 0.5) is 0 Å². The van der Waals surface area contributed by atoms with Crippen LogP contribution in [0, 0.1) is 6.92 Å². The van der Waals surface area contributed by atoms with E-state index >= 15 is 0 Å². The molecule has 2 N–H and O–H groups in total. The molecule has 0 bridgehead atoms. The molecule has 2 heterocycles. The average Bonchev–Trinajstić information content (AvgIpc) is 3.28. The molecule has 1 saturated heterocycles. The monoisotopic (exact) mass is 361 g/mol. The van der Waals surface area contributed by atoms with E-state index in [0.717, 1.165) is 29.2 Å². The number of nitrogens with zero attached hydrogens (tertiary/aromatic N) is 1. The van der Waals surface area contributed by atoms with Crippen LogP contribution in [0.15, 0.2) is 18.2 Å². The van der Waals surface area contributed by atoms with E-state index in [9.17, 15) is 4.79 Å². The van der Waals surface area contributed by atoms with Crippen molar-refractivity contribution in [2.45, 2.75) is 25.8 Å². The van der Waals surface area contributed by atoms with E-state index in [1.54, 1.807) is 14.2 Å². The van der Waals surface area contributed by atoms with Gasteiger partial charge in [0.1, 0.15) is 9.88 Å². The van der Waals surface area contributed by atoms with Gasteiger partial charge in [0.2, 0.25) is 0 Å². The number of hydrogen-bond acceptors (Lipinski definition) is 6. The summed E-state index contributed by atoms with van der Waals surface area (Å²) in [7, 11) is 3.21. The lowest BCUT2D eigenvalue weighted by Gasteiger charge is -2.10. The van der Waals surface area contributed by atoms with Gasteiger partial charge >= 0.3 is 0 Å². The second-order valence-electron chi connectivity index (χ2n) is 6.01. The van der Waals surface area contributed by atoms with Crippen LogP contribution >= 0.6 is 11.3 Å². The summed E-state index contributed by atoms with van der Waals surface area (Å²) in [6.07, 6.45) is 2.28. The molecule has 1 aliphatic rings. The van der Waals surface area contributed by atoms with Gasteiger partial charge < -0.3 is 20.1 Å². The summed E-state index contributed by atoms with van der Waals surface area (Å²) in [5.74, 6) is 1.25. The van der Waals surface area contributed by atoms with Gasteiger partial charge in [0.15, 0.2) is 11.5 Å². The zero-order valence-corrected chi connectivity index (χ0v) is 15.5. The van der Waals surface area contributed by atoms with Gasteiger partial charge in [-0.3, -0.25) is 4.79 Å². The van der Waals surface area contributed by atoms with Crippen LogP contribution in [-0.2, 0) is 0 Å². The van der Waals surface area contributed by atoms with Crippen LogP contribution in [0.3, 0.4) is 0 Å². The number of benzene rings is 1. The van der Waals surface area contributed by atoms with Gasteiger partial charge in [-0.1, -0.05) is 0 Å². The zero-order chi connectivity index (χ0) is 17.8. The number of thiazole rings is 1. The van der Waals surface area contributed by atoms with Crippen LogP contribution in [0.5, 0.6) is 11.5 Å². The first kappa shape index (κ1) is 17.7. The van der Waals surface area contributed by atoms with E-state index in [0.29, 0.717) is 29.0 Å². The zero-order valence-electron chi connectivity index (χ0n) is 14.7. The van der Waals surface area contributed by atoms with Gasteiger partial charge in [-0.25, -0.2) is 4.98 Å². The van der Waals surface area contributed by atoms with Crippen LogP contribution in [0.2, 0.25) is 0 Å². The number of amides is 1. The van der Waals surface area contributed by atoms with Crippen molar-refractivity contribution < 1.29 is 14.3 Å². The van der Waals surface area contributed by atoms with Crippen LogP contribution in [0.25, 0.3) is 10.6 Å². The van der Waals surface area contributed by atoms with E-state index in [2.05, 4.69) is 15.6 Å². The number of carbonyl (C=O) groups excluding carboxylic acids is 1. The Hall–Kier alpha value is -2.12. The molecule has 25 heavy (non-hydrogen) atoms. The van der Waals surface area contributed by atoms with Gasteiger partial charge in [-0.2, -0.15) is 0 Å². The Kier molecular flexibility index (Phi) is 5.55. The SMILES string of the molecule is COc1ccc(-c2nc(C)c(C(=O)NCC3CCCN3)s2)cc1OC. The van der Waals surface area contributed by atoms with Crippen molar-refractivity contribution in [2.75, 3.05) is 27.3 Å². The summed E-state index contributed by atoms with van der Waals surface area (Å²) in [5.41, 5.74) is 1.65. The predicted molar refractivity (Wildman–Crippen MR) is 98.7 cm³/mol. The summed E-state index contributed by atoms with van der Waals surface area (Å²) in [5, 5.41) is 7.19. The highest BCUT2D eigenvalue weighted by atomic mass is 32.1. The number of aromatic nitrogens is 1. The molecule has 1 fully saturated rings. The molecular weight excluding hydrogens is 338 g/mol. The fourth-order valence-corrected chi connectivity index (χ4v) is 3.91. The van der Waals surface area contributed by atoms with E-state index in [-0.39, 0.29) is 5.91 Å². The average molecular weight is 361 g/mol. The topological polar surface area (TPSA) is 72.5 Å². The molecule has 134 valence electrons. The lowest BCUT2D eigenvalue weighted by molar-refractivity contribution is 0.0953. The van der Waals surface area contributed by atoms with E-state index < -0.39 is 0 Å². The third kappa shape index (κ3) is 3.93. The lowest BCUT2D eigenvalue weighted by Crippen LogP contribution is -2.37. The van der Waals surface area contributed by atoms with Crippen LogP contribution in [-0.4, -0.2) is 44.2 Å². The Balaban J connectivity index is 1.76. The maximum absolute atomic E-state index is 12.5. The molecule has 1 aromatic heterocycles. The third-order valence-corrected chi connectivity index (χ3v) is 5.51. The largest absolute Gasteiger partial charge is 0.493 e. The number of nitrogens with one attached hydrogen (secondary N) is 2. The predicted octanol–water partition coefficient (Wildman–Crippen LogP) is 2.62. The Morgan fingerprint density at radius 3 is 2.84 bits per heavy atom. The Morgan fingerprint density at radius 2 is 2.16 bits per heavy atom. The minimum Gasteiger partial charge on any atom is -0.493 e. The molecule has 7 heteroatoms. The number of rotatable bonds is 6. The Bertz CT molecular complexity index is 754. The van der Waals surface area contributed by atoms with Crippen molar-refractivity contribution in [3.8, 4) is 22.1 Å². The van der Waals surface area contributed by atoms with Gasteiger partial charge in [0, 0.05) is 18.2 Å². The molecule has 3 rings (SSSR count). The van der Waals surface area contributed by atoms with Crippen molar-refractivity contribution in [1.82, 2.24) is 15.6 Å². The van der Waals surface area contributed by atoms with E-state index in [4.69, 9.17) is 9.47 Å². The highest BCUT2D eigenvalue weighted by molar-refractivity contribution is 7.17. The van der Waals surface area contributed by atoms with Gasteiger partial charge in [0.05, 0.1) is 19.9 Å². The van der Waals surface area contributed by atoms with Crippen molar-refractivity contribution in [3.05, 3.63) is 28.8 Å². The third-order valence-electron chi connectivity index (χ3n) is 4.30. The number of aryl methyl sites for hydroxylation is 1. The molecule has 1 aliphatic heterocycles. The van der Waals surface area contributed by atoms with Crippen LogP contribution < -0.4 is 20.1 Å². The highest BCUT2D eigenvalue weighted by Gasteiger charge is 2.19. The first-order valence-electron chi connectivity index (χ1n) is 8.33. The standard InChI is InChI=1S/C18H23N3O3S/c1-11-16(17(22)20-10-13-5-4-8-19-13)25-18(21-11)12-6-7-14(23-2)15(9-12)24-3/h6-7,9,13,19H,4-5,8,10H2,1-3H3,(H,20,22). The fourth-order valence-electron chi connectivity index (χ4n) is 2.93. The summed E-state index contributed by atoms with van der Waals surface area (Å²) >= 11 is 1.40. The first-order chi connectivity index (χ1) is 12.1. The van der Waals surface area contributed by atoms with Gasteiger partial charge in [0.25, 0.3) is 5.91 Å². The Morgan fingerprint density at radius 1 is 1.36 bits per heavy atom. The number of ether oxygens (including phenoxy) is 2. The van der Waals surface area contributed by atoms with Crippen molar-refractivity contribution in [1.29, 1.82) is 0 Å². The molecule has 0 spiro atoms.